The molecule has 0 amide bonds. The van der Waals surface area contributed by atoms with Gasteiger partial charge in [0.2, 0.25) is 6.29 Å². The van der Waals surface area contributed by atoms with Gasteiger partial charge in [0.1, 0.15) is 12.4 Å². The monoisotopic (exact) mass is 160 g/mol. The minimum atomic E-state index is -0.926. The highest BCUT2D eigenvalue weighted by Gasteiger charge is 2.12. The summed E-state index contributed by atoms with van der Waals surface area (Å²) in [6.45, 7) is 1.79. The van der Waals surface area contributed by atoms with E-state index in [0.717, 1.165) is 0 Å². The van der Waals surface area contributed by atoms with Crippen molar-refractivity contribution in [1.82, 2.24) is 0 Å². The molecule has 4 heteroatoms. The van der Waals surface area contributed by atoms with E-state index in [1.165, 1.54) is 7.11 Å². The Kier molecular flexibility index (Phi) is 5.60. The molecule has 0 aromatic rings. The Morgan fingerprint density at radius 1 is 1.36 bits per heavy atom. The first-order valence-corrected chi connectivity index (χ1v) is 3.37. The Morgan fingerprint density at radius 2 is 2.00 bits per heavy atom. The Bertz CT molecular complexity index is 110. The Hall–Kier alpha value is -0.740. The summed E-state index contributed by atoms with van der Waals surface area (Å²) in [5.74, 6) is 0. The number of methoxy groups -OCH3 is 1. The smallest absolute Gasteiger partial charge is 0.215 e. The van der Waals surface area contributed by atoms with E-state index in [-0.39, 0.29) is 0 Å². The molecule has 0 radical (unpaired) electrons. The second-order valence-corrected chi connectivity index (χ2v) is 1.96. The zero-order valence-corrected chi connectivity index (χ0v) is 6.65. The van der Waals surface area contributed by atoms with Gasteiger partial charge in [0.25, 0.3) is 0 Å². The van der Waals surface area contributed by atoms with E-state index in [0.29, 0.717) is 19.0 Å². The standard InChI is InChI=1S/C7H12O4/c1-3-6(4-8)11-7(5-9)10-2/h4-7H,3H2,1-2H3. The summed E-state index contributed by atoms with van der Waals surface area (Å²) in [7, 11) is 1.34. The highest BCUT2D eigenvalue weighted by Crippen LogP contribution is 1.98. The van der Waals surface area contributed by atoms with Crippen LogP contribution in [0, 0.1) is 0 Å². The average molecular weight is 160 g/mol. The molecular formula is C7H12O4. The summed E-state index contributed by atoms with van der Waals surface area (Å²) in [6, 6.07) is 0. The van der Waals surface area contributed by atoms with Crippen LogP contribution in [0.5, 0.6) is 0 Å². The number of ether oxygens (including phenoxy) is 2. The first kappa shape index (κ1) is 10.3. The fourth-order valence-electron chi connectivity index (χ4n) is 0.540. The van der Waals surface area contributed by atoms with Crippen LogP contribution in [-0.4, -0.2) is 32.1 Å². The van der Waals surface area contributed by atoms with Crippen LogP contribution in [0.2, 0.25) is 0 Å². The molecule has 4 nitrogen and oxygen atoms in total. The molecule has 0 aliphatic rings. The molecule has 0 rings (SSSR count). The minimum Gasteiger partial charge on any atom is -0.350 e. The molecule has 0 spiro atoms. The summed E-state index contributed by atoms with van der Waals surface area (Å²) >= 11 is 0. The van der Waals surface area contributed by atoms with Gasteiger partial charge in [-0.05, 0) is 6.42 Å². The third-order valence-electron chi connectivity index (χ3n) is 1.21. The van der Waals surface area contributed by atoms with Crippen molar-refractivity contribution < 1.29 is 19.1 Å². The van der Waals surface area contributed by atoms with Gasteiger partial charge in [-0.15, -0.1) is 0 Å². The number of aldehydes is 2. The summed E-state index contributed by atoms with van der Waals surface area (Å²) in [4.78, 5) is 20.3. The van der Waals surface area contributed by atoms with E-state index >= 15 is 0 Å². The molecule has 0 fully saturated rings. The van der Waals surface area contributed by atoms with E-state index in [9.17, 15) is 9.59 Å². The summed E-state index contributed by atoms with van der Waals surface area (Å²) in [5, 5.41) is 0. The molecule has 11 heavy (non-hydrogen) atoms. The second kappa shape index (κ2) is 6.00. The maximum atomic E-state index is 10.2. The van der Waals surface area contributed by atoms with Crippen LogP contribution >= 0.6 is 0 Å². The van der Waals surface area contributed by atoms with Gasteiger partial charge in [0.15, 0.2) is 6.29 Å². The Balaban J connectivity index is 3.76. The molecule has 0 heterocycles. The van der Waals surface area contributed by atoms with E-state index in [4.69, 9.17) is 4.74 Å². The highest BCUT2D eigenvalue weighted by molar-refractivity contribution is 5.58. The van der Waals surface area contributed by atoms with E-state index in [1.807, 2.05) is 0 Å². The number of carbonyl (C=O) groups excluding carboxylic acids is 2. The van der Waals surface area contributed by atoms with Gasteiger partial charge in [-0.2, -0.15) is 0 Å². The van der Waals surface area contributed by atoms with Crippen molar-refractivity contribution >= 4 is 12.6 Å². The van der Waals surface area contributed by atoms with Gasteiger partial charge in [0.05, 0.1) is 0 Å². The minimum absolute atomic E-state index is 0.506. The van der Waals surface area contributed by atoms with Crippen LogP contribution in [0.1, 0.15) is 13.3 Å². The van der Waals surface area contributed by atoms with Gasteiger partial charge in [0, 0.05) is 7.11 Å². The highest BCUT2D eigenvalue weighted by atomic mass is 16.7. The van der Waals surface area contributed by atoms with E-state index in [2.05, 4.69) is 4.74 Å². The first-order valence-electron chi connectivity index (χ1n) is 3.37. The fourth-order valence-corrected chi connectivity index (χ4v) is 0.540. The molecule has 64 valence electrons. The maximum Gasteiger partial charge on any atom is 0.215 e. The lowest BCUT2D eigenvalue weighted by Crippen LogP contribution is -2.25. The largest absolute Gasteiger partial charge is 0.350 e. The van der Waals surface area contributed by atoms with E-state index in [1.54, 1.807) is 6.92 Å². The Morgan fingerprint density at radius 3 is 2.27 bits per heavy atom. The van der Waals surface area contributed by atoms with Crippen LogP contribution in [-0.2, 0) is 19.1 Å². The fraction of sp³-hybridized carbons (Fsp3) is 0.714. The number of carbonyl (C=O) groups is 2. The normalized spacial score (nSPS) is 15.5. The van der Waals surface area contributed by atoms with Crippen molar-refractivity contribution in [2.45, 2.75) is 25.7 Å². The van der Waals surface area contributed by atoms with Crippen LogP contribution in [0.4, 0.5) is 0 Å². The molecule has 0 N–H and O–H groups in total. The number of hydrogen-bond acceptors (Lipinski definition) is 4. The molecule has 0 saturated heterocycles. The zero-order chi connectivity index (χ0) is 8.69. The van der Waals surface area contributed by atoms with Crippen molar-refractivity contribution in [1.29, 1.82) is 0 Å². The lowest BCUT2D eigenvalue weighted by molar-refractivity contribution is -0.165. The molecule has 0 saturated carbocycles. The quantitative estimate of drug-likeness (QED) is 0.410. The SMILES string of the molecule is CCC(C=O)OC(C=O)OC. The van der Waals surface area contributed by atoms with Crippen molar-refractivity contribution in [2.24, 2.45) is 0 Å². The van der Waals surface area contributed by atoms with Crippen molar-refractivity contribution in [2.75, 3.05) is 7.11 Å². The lowest BCUT2D eigenvalue weighted by atomic mass is 10.3. The molecular weight excluding hydrogens is 148 g/mol. The topological polar surface area (TPSA) is 52.6 Å². The van der Waals surface area contributed by atoms with Crippen molar-refractivity contribution in [3.63, 3.8) is 0 Å². The summed E-state index contributed by atoms with van der Waals surface area (Å²) in [6.07, 6.45) is 0.217. The maximum absolute atomic E-state index is 10.2. The van der Waals surface area contributed by atoms with Gasteiger partial charge < -0.3 is 14.3 Å². The third-order valence-corrected chi connectivity index (χ3v) is 1.21. The van der Waals surface area contributed by atoms with Crippen LogP contribution < -0.4 is 0 Å². The molecule has 2 unspecified atom stereocenters. The first-order chi connectivity index (χ1) is 5.28. The molecule has 2 atom stereocenters. The van der Waals surface area contributed by atoms with Crippen molar-refractivity contribution in [3.8, 4) is 0 Å². The third kappa shape index (κ3) is 3.85. The van der Waals surface area contributed by atoms with Gasteiger partial charge in [-0.1, -0.05) is 6.92 Å². The van der Waals surface area contributed by atoms with Crippen LogP contribution in [0.15, 0.2) is 0 Å². The lowest BCUT2D eigenvalue weighted by Gasteiger charge is -2.13. The van der Waals surface area contributed by atoms with Crippen LogP contribution in [0.25, 0.3) is 0 Å². The predicted octanol–water partition coefficient (Wildman–Crippen LogP) is 0.152. The van der Waals surface area contributed by atoms with Gasteiger partial charge in [-0.25, -0.2) is 0 Å². The zero-order valence-electron chi connectivity index (χ0n) is 6.65. The predicted molar refractivity (Wildman–Crippen MR) is 38.1 cm³/mol. The Labute approximate surface area is 65.5 Å². The second-order valence-electron chi connectivity index (χ2n) is 1.96. The molecule has 0 aromatic heterocycles. The summed E-state index contributed by atoms with van der Waals surface area (Å²) < 4.78 is 9.47. The number of hydrogen-bond donors (Lipinski definition) is 0. The molecule has 0 aliphatic heterocycles. The summed E-state index contributed by atoms with van der Waals surface area (Å²) in [5.41, 5.74) is 0. The van der Waals surface area contributed by atoms with E-state index < -0.39 is 12.4 Å². The van der Waals surface area contributed by atoms with Crippen LogP contribution in [0.3, 0.4) is 0 Å². The number of rotatable bonds is 6. The molecule has 0 aromatic carbocycles. The van der Waals surface area contributed by atoms with Gasteiger partial charge >= 0.3 is 0 Å². The van der Waals surface area contributed by atoms with Gasteiger partial charge in [-0.3, -0.25) is 4.79 Å². The van der Waals surface area contributed by atoms with Crippen molar-refractivity contribution in [3.05, 3.63) is 0 Å². The molecule has 0 bridgehead atoms. The average Bonchev–Trinajstić information content (AvgIpc) is 2.07. The molecule has 0 aliphatic carbocycles.